The number of alkyl halides is 3. The van der Waals surface area contributed by atoms with E-state index in [1.54, 1.807) is 35.3 Å². The summed E-state index contributed by atoms with van der Waals surface area (Å²) in [6, 6.07) is 10.4. The molecule has 0 aliphatic carbocycles. The molecule has 0 N–H and O–H groups in total. The van der Waals surface area contributed by atoms with Gasteiger partial charge in [0, 0.05) is 42.6 Å². The van der Waals surface area contributed by atoms with Gasteiger partial charge >= 0.3 is 6.18 Å². The van der Waals surface area contributed by atoms with Crippen molar-refractivity contribution in [3.8, 4) is 28.7 Å². The predicted octanol–water partition coefficient (Wildman–Crippen LogP) is 4.18. The molecule has 1 saturated heterocycles. The molecular weight excluding hydrogens is 450 g/mol. The summed E-state index contributed by atoms with van der Waals surface area (Å²) in [6.45, 7) is -0.909. The topological polar surface area (TPSA) is 83.5 Å². The third-order valence-corrected chi connectivity index (χ3v) is 5.76. The highest BCUT2D eigenvalue weighted by Gasteiger charge is 2.48. The zero-order chi connectivity index (χ0) is 23.9. The smallest absolute Gasteiger partial charge is 0.290 e. The van der Waals surface area contributed by atoms with Gasteiger partial charge in [-0.05, 0) is 30.3 Å². The maximum Gasteiger partial charge on any atom is 0.401 e. The van der Waals surface area contributed by atoms with Gasteiger partial charge in [-0.2, -0.15) is 23.5 Å². The van der Waals surface area contributed by atoms with Gasteiger partial charge < -0.3 is 0 Å². The van der Waals surface area contributed by atoms with Crippen molar-refractivity contribution >= 4 is 10.9 Å². The lowest BCUT2D eigenvalue weighted by Gasteiger charge is -2.49. The number of nitriles is 1. The zero-order valence-electron chi connectivity index (χ0n) is 17.7. The van der Waals surface area contributed by atoms with Gasteiger partial charge in [0.15, 0.2) is 0 Å². The number of pyridine rings is 3. The number of fused-ring (bicyclic) bond motifs is 1. The van der Waals surface area contributed by atoms with E-state index >= 15 is 0 Å². The van der Waals surface area contributed by atoms with Crippen molar-refractivity contribution in [2.75, 3.05) is 19.6 Å². The van der Waals surface area contributed by atoms with Gasteiger partial charge in [-0.15, -0.1) is 0 Å². The Morgan fingerprint density at radius 1 is 1.12 bits per heavy atom. The second-order valence-electron chi connectivity index (χ2n) is 8.28. The number of hydrogen-bond acceptors (Lipinski definition) is 6. The molecule has 4 aromatic heterocycles. The first kappa shape index (κ1) is 21.9. The lowest BCUT2D eigenvalue weighted by Crippen LogP contribution is -2.64. The Bertz CT molecular complexity index is 1400. The van der Waals surface area contributed by atoms with Crippen LogP contribution < -0.4 is 0 Å². The van der Waals surface area contributed by atoms with E-state index in [4.69, 9.17) is 0 Å². The van der Waals surface area contributed by atoms with E-state index in [2.05, 4.69) is 26.1 Å². The first-order chi connectivity index (χ1) is 16.3. The number of likely N-dealkylation sites (tertiary alicyclic amines) is 1. The molecule has 0 spiro atoms. The van der Waals surface area contributed by atoms with E-state index in [1.165, 1.54) is 17.2 Å². The monoisotopic (exact) mass is 467 g/mol. The summed E-state index contributed by atoms with van der Waals surface area (Å²) in [5.74, 6) is -0.502. The molecule has 5 rings (SSSR count). The summed E-state index contributed by atoms with van der Waals surface area (Å²) < 4.78 is 53.6. The van der Waals surface area contributed by atoms with Crippen molar-refractivity contribution in [1.82, 2.24) is 29.6 Å². The first-order valence-corrected chi connectivity index (χ1v) is 10.4. The second kappa shape index (κ2) is 8.14. The van der Waals surface area contributed by atoms with E-state index in [0.717, 1.165) is 6.20 Å². The van der Waals surface area contributed by atoms with Crippen molar-refractivity contribution in [3.63, 3.8) is 0 Å². The molecule has 0 radical (unpaired) electrons. The standard InChI is InChI=1S/C23H17F4N7/c24-16-8-15(10-29-11-16)19-9-20-17(2-1-6-30-20)21(31-19)18-3-7-34(32-18)22(4-5-28)12-33(13-22)14-23(25,26)27/h1-3,6-11H,4,12-14H2. The van der Waals surface area contributed by atoms with Gasteiger partial charge in [0.1, 0.15) is 22.7 Å². The third-order valence-electron chi connectivity index (χ3n) is 5.76. The Balaban J connectivity index is 1.54. The molecule has 0 amide bonds. The molecule has 0 saturated carbocycles. The Hall–Kier alpha value is -3.91. The summed E-state index contributed by atoms with van der Waals surface area (Å²) in [4.78, 5) is 14.2. The molecule has 0 bridgehead atoms. The predicted molar refractivity (Wildman–Crippen MR) is 115 cm³/mol. The minimum atomic E-state index is -4.31. The van der Waals surface area contributed by atoms with Gasteiger partial charge in [0.25, 0.3) is 0 Å². The highest BCUT2D eigenvalue weighted by atomic mass is 19.4. The van der Waals surface area contributed by atoms with Crippen molar-refractivity contribution in [2.24, 2.45) is 0 Å². The van der Waals surface area contributed by atoms with Gasteiger partial charge in [-0.1, -0.05) is 0 Å². The van der Waals surface area contributed by atoms with Crippen LogP contribution in [0.3, 0.4) is 0 Å². The van der Waals surface area contributed by atoms with Crippen LogP contribution in [-0.2, 0) is 5.54 Å². The Morgan fingerprint density at radius 3 is 2.68 bits per heavy atom. The van der Waals surface area contributed by atoms with E-state index in [1.807, 2.05) is 6.07 Å². The van der Waals surface area contributed by atoms with Crippen LogP contribution in [0.2, 0.25) is 0 Å². The van der Waals surface area contributed by atoms with Crippen molar-refractivity contribution < 1.29 is 17.6 Å². The lowest BCUT2D eigenvalue weighted by molar-refractivity contribution is -0.167. The molecule has 0 atom stereocenters. The fourth-order valence-corrected chi connectivity index (χ4v) is 4.32. The van der Waals surface area contributed by atoms with Gasteiger partial charge in [-0.25, -0.2) is 9.37 Å². The fraction of sp³-hybridized carbons (Fsp3) is 0.261. The van der Waals surface area contributed by atoms with E-state index in [-0.39, 0.29) is 19.5 Å². The normalized spacial score (nSPS) is 15.7. The van der Waals surface area contributed by atoms with Crippen LogP contribution in [0.15, 0.2) is 55.1 Å². The van der Waals surface area contributed by atoms with Crippen LogP contribution in [0, 0.1) is 17.1 Å². The number of hydrogen-bond donors (Lipinski definition) is 0. The molecule has 7 nitrogen and oxygen atoms in total. The molecule has 1 aliphatic heterocycles. The largest absolute Gasteiger partial charge is 0.401 e. The van der Waals surface area contributed by atoms with E-state index in [9.17, 15) is 22.8 Å². The number of halogens is 4. The molecule has 1 aliphatic rings. The lowest BCUT2D eigenvalue weighted by atomic mass is 9.87. The summed E-state index contributed by atoms with van der Waals surface area (Å²) in [6.07, 6.45) is 1.58. The summed E-state index contributed by atoms with van der Waals surface area (Å²) >= 11 is 0. The summed E-state index contributed by atoms with van der Waals surface area (Å²) in [5.41, 5.74) is 1.65. The molecule has 0 aromatic carbocycles. The van der Waals surface area contributed by atoms with Crippen LogP contribution in [0.5, 0.6) is 0 Å². The zero-order valence-corrected chi connectivity index (χ0v) is 17.7. The van der Waals surface area contributed by atoms with Crippen LogP contribution in [-0.4, -0.2) is 55.4 Å². The second-order valence-corrected chi connectivity index (χ2v) is 8.28. The minimum absolute atomic E-state index is 0.0210. The molecule has 5 heterocycles. The molecular formula is C23H17F4N7. The van der Waals surface area contributed by atoms with Crippen LogP contribution in [0.25, 0.3) is 33.5 Å². The quantitative estimate of drug-likeness (QED) is 0.410. The van der Waals surface area contributed by atoms with Crippen molar-refractivity contribution in [2.45, 2.75) is 18.1 Å². The van der Waals surface area contributed by atoms with E-state index in [0.29, 0.717) is 33.5 Å². The Kier molecular flexibility index (Phi) is 5.25. The van der Waals surface area contributed by atoms with Crippen molar-refractivity contribution in [1.29, 1.82) is 5.26 Å². The van der Waals surface area contributed by atoms with Gasteiger partial charge in [0.2, 0.25) is 0 Å². The molecule has 34 heavy (non-hydrogen) atoms. The minimum Gasteiger partial charge on any atom is -0.290 e. The van der Waals surface area contributed by atoms with Crippen molar-refractivity contribution in [3.05, 3.63) is 60.9 Å². The SMILES string of the molecule is N#CCC1(n2ccc(-c3nc(-c4cncc(F)c4)cc4ncccc34)n2)CN(CC(F)(F)F)C1. The molecule has 0 unspecified atom stereocenters. The molecule has 172 valence electrons. The maximum absolute atomic E-state index is 13.8. The molecule has 1 fully saturated rings. The van der Waals surface area contributed by atoms with E-state index < -0.39 is 24.1 Å². The third kappa shape index (κ3) is 4.08. The number of nitrogens with zero attached hydrogens (tertiary/aromatic N) is 7. The maximum atomic E-state index is 13.8. The number of aromatic nitrogens is 5. The van der Waals surface area contributed by atoms with Crippen LogP contribution in [0.4, 0.5) is 17.6 Å². The average Bonchev–Trinajstić information content (AvgIpc) is 3.26. The highest BCUT2D eigenvalue weighted by Crippen LogP contribution is 2.36. The summed E-state index contributed by atoms with van der Waals surface area (Å²) in [5, 5.41) is 14.6. The summed E-state index contributed by atoms with van der Waals surface area (Å²) in [7, 11) is 0. The number of rotatable bonds is 5. The Morgan fingerprint density at radius 2 is 1.94 bits per heavy atom. The average molecular weight is 467 g/mol. The Labute approximate surface area is 191 Å². The van der Waals surface area contributed by atoms with Gasteiger partial charge in [-0.3, -0.25) is 19.5 Å². The van der Waals surface area contributed by atoms with Gasteiger partial charge in [0.05, 0.1) is 36.4 Å². The molecule has 4 aromatic rings. The van der Waals surface area contributed by atoms with Crippen LogP contribution in [0.1, 0.15) is 6.42 Å². The first-order valence-electron chi connectivity index (χ1n) is 10.4. The fourth-order valence-electron chi connectivity index (χ4n) is 4.32. The highest BCUT2D eigenvalue weighted by molar-refractivity contribution is 5.93. The van der Waals surface area contributed by atoms with Crippen LogP contribution >= 0.6 is 0 Å². The molecule has 11 heteroatoms.